The van der Waals surface area contributed by atoms with Gasteiger partial charge < -0.3 is 4.74 Å². The first-order valence-electron chi connectivity index (χ1n) is 8.44. The van der Waals surface area contributed by atoms with Gasteiger partial charge in [0.1, 0.15) is 11.3 Å². The maximum Gasteiger partial charge on any atom is 0.266 e. The van der Waals surface area contributed by atoms with Crippen LogP contribution in [-0.2, 0) is 6.54 Å². The smallest absolute Gasteiger partial charge is 0.266 e. The number of hydrogen-bond acceptors (Lipinski definition) is 4. The van der Waals surface area contributed by atoms with Crippen LogP contribution in [0.15, 0.2) is 55.0 Å². The van der Waals surface area contributed by atoms with Crippen molar-refractivity contribution in [3.05, 3.63) is 71.9 Å². The van der Waals surface area contributed by atoms with E-state index in [0.717, 1.165) is 17.7 Å². The SMILES string of the molecule is COc1ncccc1Cn1ncc2ncc(-c3ccc(F)c(C(F)F)c3)cc21. The maximum absolute atomic E-state index is 13.6. The van der Waals surface area contributed by atoms with Crippen LogP contribution in [0.1, 0.15) is 17.6 Å². The summed E-state index contributed by atoms with van der Waals surface area (Å²) in [5.41, 5.74) is 2.62. The second-order valence-corrected chi connectivity index (χ2v) is 6.14. The van der Waals surface area contributed by atoms with Crippen molar-refractivity contribution in [1.29, 1.82) is 0 Å². The van der Waals surface area contributed by atoms with E-state index in [4.69, 9.17) is 4.74 Å². The lowest BCUT2D eigenvalue weighted by Gasteiger charge is -2.09. The van der Waals surface area contributed by atoms with Crippen LogP contribution in [0, 0.1) is 5.82 Å². The van der Waals surface area contributed by atoms with Gasteiger partial charge in [0, 0.05) is 23.5 Å². The zero-order valence-corrected chi connectivity index (χ0v) is 14.8. The fourth-order valence-corrected chi connectivity index (χ4v) is 3.02. The van der Waals surface area contributed by atoms with Crippen molar-refractivity contribution in [2.24, 2.45) is 0 Å². The molecule has 0 unspecified atom stereocenters. The number of alkyl halides is 2. The summed E-state index contributed by atoms with van der Waals surface area (Å²) in [5, 5.41) is 4.35. The van der Waals surface area contributed by atoms with E-state index in [2.05, 4.69) is 15.1 Å². The van der Waals surface area contributed by atoms with Gasteiger partial charge in [-0.25, -0.2) is 18.2 Å². The summed E-state index contributed by atoms with van der Waals surface area (Å²) in [6, 6.07) is 9.12. The molecule has 3 heterocycles. The van der Waals surface area contributed by atoms with Crippen LogP contribution in [0.3, 0.4) is 0 Å². The number of nitrogens with zero attached hydrogens (tertiary/aromatic N) is 4. The van der Waals surface area contributed by atoms with E-state index in [1.54, 1.807) is 42.5 Å². The van der Waals surface area contributed by atoms with Crippen LogP contribution in [0.25, 0.3) is 22.2 Å². The first kappa shape index (κ1) is 18.0. The normalized spacial score (nSPS) is 11.3. The predicted molar refractivity (Wildman–Crippen MR) is 97.8 cm³/mol. The lowest BCUT2D eigenvalue weighted by molar-refractivity contribution is 0.146. The van der Waals surface area contributed by atoms with Gasteiger partial charge in [0.15, 0.2) is 0 Å². The number of ether oxygens (including phenoxy) is 1. The van der Waals surface area contributed by atoms with Crippen molar-refractivity contribution in [2.75, 3.05) is 7.11 Å². The summed E-state index contributed by atoms with van der Waals surface area (Å²) < 4.78 is 46.6. The van der Waals surface area contributed by atoms with Crippen molar-refractivity contribution >= 4 is 11.0 Å². The number of methoxy groups -OCH3 is 1. The standard InChI is InChI=1S/C20H15F3N4O/c1-28-20-13(3-2-6-24-20)11-27-18-8-14(9-25-17(18)10-26-27)12-4-5-16(21)15(7-12)19(22)23/h2-10,19H,11H2,1H3. The Bertz CT molecular complexity index is 1140. The largest absolute Gasteiger partial charge is 0.481 e. The number of benzene rings is 1. The van der Waals surface area contributed by atoms with E-state index in [-0.39, 0.29) is 0 Å². The highest BCUT2D eigenvalue weighted by atomic mass is 19.3. The quantitative estimate of drug-likeness (QED) is 0.504. The summed E-state index contributed by atoms with van der Waals surface area (Å²) >= 11 is 0. The number of fused-ring (bicyclic) bond motifs is 1. The van der Waals surface area contributed by atoms with Crippen molar-refractivity contribution in [3.63, 3.8) is 0 Å². The highest BCUT2D eigenvalue weighted by molar-refractivity contribution is 5.80. The second-order valence-electron chi connectivity index (χ2n) is 6.14. The van der Waals surface area contributed by atoms with Crippen LogP contribution in [0.5, 0.6) is 5.88 Å². The van der Waals surface area contributed by atoms with Crippen LogP contribution < -0.4 is 4.74 Å². The summed E-state index contributed by atoms with van der Waals surface area (Å²) in [5.74, 6) is -0.433. The molecule has 0 saturated carbocycles. The minimum atomic E-state index is -2.89. The number of pyridine rings is 2. The van der Waals surface area contributed by atoms with Gasteiger partial charge in [0.05, 0.1) is 30.9 Å². The molecule has 142 valence electrons. The molecular formula is C20H15F3N4O. The van der Waals surface area contributed by atoms with E-state index in [1.807, 2.05) is 6.07 Å². The molecule has 0 fully saturated rings. The van der Waals surface area contributed by atoms with Crippen LogP contribution in [0.2, 0.25) is 0 Å². The molecule has 0 atom stereocenters. The molecule has 28 heavy (non-hydrogen) atoms. The Hall–Kier alpha value is -3.42. The third kappa shape index (κ3) is 3.28. The minimum Gasteiger partial charge on any atom is -0.481 e. The molecule has 0 radical (unpaired) electrons. The van der Waals surface area contributed by atoms with Gasteiger partial charge >= 0.3 is 0 Å². The van der Waals surface area contributed by atoms with E-state index in [1.165, 1.54) is 6.07 Å². The number of aromatic nitrogens is 4. The lowest BCUT2D eigenvalue weighted by Crippen LogP contribution is -2.04. The fourth-order valence-electron chi connectivity index (χ4n) is 3.02. The lowest BCUT2D eigenvalue weighted by atomic mass is 10.0. The molecule has 1 aromatic carbocycles. The van der Waals surface area contributed by atoms with Gasteiger partial charge in [0.25, 0.3) is 6.43 Å². The zero-order valence-electron chi connectivity index (χ0n) is 14.8. The monoisotopic (exact) mass is 384 g/mol. The zero-order chi connectivity index (χ0) is 19.7. The summed E-state index contributed by atoms with van der Waals surface area (Å²) in [7, 11) is 1.54. The van der Waals surface area contributed by atoms with Crippen molar-refractivity contribution in [2.45, 2.75) is 13.0 Å². The molecule has 0 aliphatic heterocycles. The number of hydrogen-bond donors (Lipinski definition) is 0. The molecule has 0 saturated heterocycles. The molecule has 5 nitrogen and oxygen atoms in total. The van der Waals surface area contributed by atoms with Crippen molar-refractivity contribution in [1.82, 2.24) is 19.7 Å². The summed E-state index contributed by atoms with van der Waals surface area (Å²) in [4.78, 5) is 8.52. The first-order chi connectivity index (χ1) is 13.6. The Balaban J connectivity index is 1.75. The number of halogens is 3. The van der Waals surface area contributed by atoms with Crippen molar-refractivity contribution in [3.8, 4) is 17.0 Å². The van der Waals surface area contributed by atoms with Gasteiger partial charge in [-0.3, -0.25) is 9.67 Å². The van der Waals surface area contributed by atoms with E-state index < -0.39 is 17.8 Å². The average Bonchev–Trinajstić information content (AvgIpc) is 3.10. The predicted octanol–water partition coefficient (Wildman–Crippen LogP) is 4.63. The van der Waals surface area contributed by atoms with E-state index >= 15 is 0 Å². The third-order valence-electron chi connectivity index (χ3n) is 4.42. The summed E-state index contributed by atoms with van der Waals surface area (Å²) in [6.45, 7) is 0.400. The minimum absolute atomic E-state index is 0.400. The van der Waals surface area contributed by atoms with Gasteiger partial charge in [-0.2, -0.15) is 5.10 Å². The highest BCUT2D eigenvalue weighted by Crippen LogP contribution is 2.29. The Labute approximate surface area is 158 Å². The molecule has 3 aromatic heterocycles. The van der Waals surface area contributed by atoms with Gasteiger partial charge in [-0.15, -0.1) is 0 Å². The molecule has 0 bridgehead atoms. The van der Waals surface area contributed by atoms with E-state index in [0.29, 0.717) is 34.6 Å². The van der Waals surface area contributed by atoms with Gasteiger partial charge in [-0.1, -0.05) is 12.1 Å². The average molecular weight is 384 g/mol. The maximum atomic E-state index is 13.6. The van der Waals surface area contributed by atoms with Crippen LogP contribution in [-0.4, -0.2) is 26.9 Å². The molecule has 0 aliphatic rings. The molecule has 0 N–H and O–H groups in total. The Morgan fingerprint density at radius 1 is 1.07 bits per heavy atom. The third-order valence-corrected chi connectivity index (χ3v) is 4.42. The van der Waals surface area contributed by atoms with Gasteiger partial charge in [0.2, 0.25) is 5.88 Å². The number of rotatable bonds is 5. The molecule has 4 aromatic rings. The van der Waals surface area contributed by atoms with Gasteiger partial charge in [-0.05, 0) is 29.8 Å². The molecule has 0 amide bonds. The topological polar surface area (TPSA) is 52.8 Å². The Morgan fingerprint density at radius 2 is 1.93 bits per heavy atom. The molecule has 8 heteroatoms. The highest BCUT2D eigenvalue weighted by Gasteiger charge is 2.15. The Kier molecular flexibility index (Phi) is 4.68. The second kappa shape index (κ2) is 7.30. The van der Waals surface area contributed by atoms with Crippen LogP contribution >= 0.6 is 0 Å². The molecule has 0 spiro atoms. The molecule has 4 rings (SSSR count). The molecule has 0 aliphatic carbocycles. The van der Waals surface area contributed by atoms with E-state index in [9.17, 15) is 13.2 Å². The Morgan fingerprint density at radius 3 is 2.71 bits per heavy atom. The first-order valence-corrected chi connectivity index (χ1v) is 8.44. The molecular weight excluding hydrogens is 369 g/mol. The van der Waals surface area contributed by atoms with Crippen LogP contribution in [0.4, 0.5) is 13.2 Å². The van der Waals surface area contributed by atoms with Crippen molar-refractivity contribution < 1.29 is 17.9 Å². The fraction of sp³-hybridized carbons (Fsp3) is 0.150. The summed E-state index contributed by atoms with van der Waals surface area (Å²) in [6.07, 6.45) is 1.93.